The van der Waals surface area contributed by atoms with Crippen LogP contribution in [0.4, 0.5) is 5.69 Å². The van der Waals surface area contributed by atoms with Crippen LogP contribution in [-0.4, -0.2) is 20.4 Å². The number of rotatable bonds is 5. The highest BCUT2D eigenvalue weighted by atomic mass is 32.2. The fourth-order valence-corrected chi connectivity index (χ4v) is 3.01. The second kappa shape index (κ2) is 6.02. The van der Waals surface area contributed by atoms with E-state index in [0.717, 1.165) is 5.56 Å². The fraction of sp³-hybridized carbons (Fsp3) is 0.214. The van der Waals surface area contributed by atoms with Gasteiger partial charge in [0.25, 0.3) is 10.0 Å². The van der Waals surface area contributed by atoms with E-state index in [9.17, 15) is 8.42 Å². The number of pyridine rings is 1. The summed E-state index contributed by atoms with van der Waals surface area (Å²) in [5.74, 6) is 0. The average Bonchev–Trinajstić information content (AvgIpc) is 2.42. The fourth-order valence-electron chi connectivity index (χ4n) is 1.82. The molecule has 0 spiro atoms. The van der Waals surface area contributed by atoms with Crippen molar-refractivity contribution in [1.29, 1.82) is 0 Å². The SMILES string of the molecule is CNCc1cccc(S(=O)(=O)Nc2cccnc2C)c1. The van der Waals surface area contributed by atoms with Crippen LogP contribution in [0.25, 0.3) is 0 Å². The number of aryl methyl sites for hydroxylation is 1. The molecule has 2 rings (SSSR count). The van der Waals surface area contributed by atoms with Gasteiger partial charge in [-0.3, -0.25) is 9.71 Å². The minimum absolute atomic E-state index is 0.244. The van der Waals surface area contributed by atoms with Gasteiger partial charge in [-0.25, -0.2) is 8.42 Å². The van der Waals surface area contributed by atoms with Gasteiger partial charge in [0, 0.05) is 12.7 Å². The first-order valence-corrected chi connectivity index (χ1v) is 7.69. The molecule has 1 aromatic carbocycles. The van der Waals surface area contributed by atoms with Gasteiger partial charge in [-0.1, -0.05) is 12.1 Å². The van der Waals surface area contributed by atoms with Gasteiger partial charge in [-0.05, 0) is 43.8 Å². The summed E-state index contributed by atoms with van der Waals surface area (Å²) in [4.78, 5) is 4.31. The van der Waals surface area contributed by atoms with Gasteiger partial charge < -0.3 is 5.32 Å². The summed E-state index contributed by atoms with van der Waals surface area (Å²) in [5, 5.41) is 3.00. The number of hydrogen-bond acceptors (Lipinski definition) is 4. The van der Waals surface area contributed by atoms with Crippen molar-refractivity contribution < 1.29 is 8.42 Å². The van der Waals surface area contributed by atoms with Gasteiger partial charge in [0.15, 0.2) is 0 Å². The van der Waals surface area contributed by atoms with Crippen LogP contribution in [0.2, 0.25) is 0 Å². The number of anilines is 1. The third-order valence-electron chi connectivity index (χ3n) is 2.84. The van der Waals surface area contributed by atoms with Gasteiger partial charge in [0.2, 0.25) is 0 Å². The lowest BCUT2D eigenvalue weighted by atomic mass is 10.2. The van der Waals surface area contributed by atoms with E-state index in [4.69, 9.17) is 0 Å². The first-order valence-electron chi connectivity index (χ1n) is 6.21. The molecule has 1 heterocycles. The van der Waals surface area contributed by atoms with Crippen molar-refractivity contribution in [3.63, 3.8) is 0 Å². The zero-order valence-corrected chi connectivity index (χ0v) is 12.2. The summed E-state index contributed by atoms with van der Waals surface area (Å²) in [7, 11) is -1.78. The van der Waals surface area contributed by atoms with Crippen LogP contribution in [0.1, 0.15) is 11.3 Å². The number of benzene rings is 1. The zero-order chi connectivity index (χ0) is 14.6. The molecule has 0 saturated heterocycles. The molecule has 0 aliphatic rings. The van der Waals surface area contributed by atoms with Gasteiger partial charge in [0.05, 0.1) is 16.3 Å². The summed E-state index contributed by atoms with van der Waals surface area (Å²) >= 11 is 0. The lowest BCUT2D eigenvalue weighted by Gasteiger charge is -2.10. The van der Waals surface area contributed by atoms with Crippen molar-refractivity contribution in [2.24, 2.45) is 0 Å². The maximum Gasteiger partial charge on any atom is 0.261 e. The van der Waals surface area contributed by atoms with Crippen molar-refractivity contribution in [2.45, 2.75) is 18.4 Å². The Labute approximate surface area is 119 Å². The standard InChI is InChI=1S/C14H17N3O2S/c1-11-14(7-4-8-16-11)17-20(18,19)13-6-3-5-12(9-13)10-15-2/h3-9,15,17H,10H2,1-2H3. The molecular formula is C14H17N3O2S. The average molecular weight is 291 g/mol. The molecule has 20 heavy (non-hydrogen) atoms. The van der Waals surface area contributed by atoms with Crippen molar-refractivity contribution in [2.75, 3.05) is 11.8 Å². The Morgan fingerprint density at radius 1 is 1.20 bits per heavy atom. The maximum atomic E-state index is 12.4. The molecule has 0 fully saturated rings. The van der Waals surface area contributed by atoms with Crippen molar-refractivity contribution in [3.05, 3.63) is 53.9 Å². The van der Waals surface area contributed by atoms with Crippen LogP contribution in [0.3, 0.4) is 0 Å². The summed E-state index contributed by atoms with van der Waals surface area (Å²) in [6, 6.07) is 10.2. The molecule has 0 radical (unpaired) electrons. The summed E-state index contributed by atoms with van der Waals surface area (Å²) < 4.78 is 27.3. The summed E-state index contributed by atoms with van der Waals surface area (Å²) in [6.07, 6.45) is 1.63. The number of hydrogen-bond donors (Lipinski definition) is 2. The molecule has 106 valence electrons. The van der Waals surface area contributed by atoms with Crippen molar-refractivity contribution in [3.8, 4) is 0 Å². The van der Waals surface area contributed by atoms with Crippen LogP contribution in [0, 0.1) is 6.92 Å². The predicted octanol–water partition coefficient (Wildman–Crippen LogP) is 1.91. The van der Waals surface area contributed by atoms with Crippen LogP contribution in [0.5, 0.6) is 0 Å². The summed E-state index contributed by atoms with van der Waals surface area (Å²) in [6.45, 7) is 2.38. The molecule has 0 aliphatic carbocycles. The van der Waals surface area contributed by atoms with Crippen molar-refractivity contribution >= 4 is 15.7 Å². The number of sulfonamides is 1. The van der Waals surface area contributed by atoms with Gasteiger partial charge in [-0.2, -0.15) is 0 Å². The maximum absolute atomic E-state index is 12.4. The van der Waals surface area contributed by atoms with Gasteiger partial charge in [-0.15, -0.1) is 0 Å². The number of aromatic nitrogens is 1. The van der Waals surface area contributed by atoms with Crippen LogP contribution >= 0.6 is 0 Å². The van der Waals surface area contributed by atoms with E-state index in [-0.39, 0.29) is 4.90 Å². The topological polar surface area (TPSA) is 71.1 Å². The Kier molecular flexibility index (Phi) is 4.36. The highest BCUT2D eigenvalue weighted by Gasteiger charge is 2.15. The zero-order valence-electron chi connectivity index (χ0n) is 11.4. The highest BCUT2D eigenvalue weighted by Crippen LogP contribution is 2.18. The summed E-state index contributed by atoms with van der Waals surface area (Å²) in [5.41, 5.74) is 2.05. The molecule has 6 heteroatoms. The predicted molar refractivity (Wildman–Crippen MR) is 79.0 cm³/mol. The van der Waals surface area contributed by atoms with Crippen LogP contribution in [-0.2, 0) is 16.6 Å². The van der Waals surface area contributed by atoms with Gasteiger partial charge in [0.1, 0.15) is 0 Å². The van der Waals surface area contributed by atoms with Crippen LogP contribution < -0.4 is 10.0 Å². The normalized spacial score (nSPS) is 11.3. The Morgan fingerprint density at radius 3 is 2.70 bits per heavy atom. The smallest absolute Gasteiger partial charge is 0.261 e. The molecule has 2 N–H and O–H groups in total. The van der Waals surface area contributed by atoms with E-state index >= 15 is 0 Å². The first kappa shape index (κ1) is 14.5. The Bertz CT molecular complexity index is 699. The minimum Gasteiger partial charge on any atom is -0.316 e. The molecule has 2 aromatic rings. The Morgan fingerprint density at radius 2 is 2.00 bits per heavy atom. The second-order valence-corrected chi connectivity index (χ2v) is 6.10. The van der Waals surface area contributed by atoms with E-state index in [0.29, 0.717) is 17.9 Å². The molecule has 0 unspecified atom stereocenters. The third-order valence-corrected chi connectivity index (χ3v) is 4.20. The van der Waals surface area contributed by atoms with Gasteiger partial charge >= 0.3 is 0 Å². The first-order chi connectivity index (χ1) is 9.53. The van der Waals surface area contributed by atoms with Crippen LogP contribution in [0.15, 0.2) is 47.5 Å². The lowest BCUT2D eigenvalue weighted by molar-refractivity contribution is 0.601. The number of nitrogens with one attached hydrogen (secondary N) is 2. The molecule has 0 amide bonds. The van der Waals surface area contributed by atoms with Crippen molar-refractivity contribution in [1.82, 2.24) is 10.3 Å². The molecule has 1 aromatic heterocycles. The third kappa shape index (κ3) is 3.34. The Balaban J connectivity index is 2.31. The number of nitrogens with zero attached hydrogens (tertiary/aromatic N) is 1. The molecule has 5 nitrogen and oxygen atoms in total. The van der Waals surface area contributed by atoms with E-state index in [1.807, 2.05) is 13.1 Å². The molecule has 0 atom stereocenters. The molecule has 0 aliphatic heterocycles. The minimum atomic E-state index is -3.59. The lowest BCUT2D eigenvalue weighted by Crippen LogP contribution is -2.15. The largest absolute Gasteiger partial charge is 0.316 e. The van der Waals surface area contributed by atoms with E-state index in [2.05, 4.69) is 15.0 Å². The second-order valence-electron chi connectivity index (χ2n) is 4.42. The quantitative estimate of drug-likeness (QED) is 0.883. The molecule has 0 bridgehead atoms. The highest BCUT2D eigenvalue weighted by molar-refractivity contribution is 7.92. The van der Waals surface area contributed by atoms with E-state index in [1.54, 1.807) is 43.5 Å². The van der Waals surface area contributed by atoms with E-state index < -0.39 is 10.0 Å². The Hall–Kier alpha value is -1.92. The molecular weight excluding hydrogens is 274 g/mol. The molecule has 0 saturated carbocycles. The van der Waals surface area contributed by atoms with E-state index in [1.165, 1.54) is 0 Å². The monoisotopic (exact) mass is 291 g/mol.